The Kier molecular flexibility index (Phi) is 37.6. The highest BCUT2D eigenvalue weighted by Gasteiger charge is 2.43. The third-order valence-electron chi connectivity index (χ3n) is 21.0. The van der Waals surface area contributed by atoms with Crippen molar-refractivity contribution in [2.45, 2.75) is 184 Å². The van der Waals surface area contributed by atoms with Gasteiger partial charge in [0.1, 0.15) is 78.5 Å². The van der Waals surface area contributed by atoms with Crippen molar-refractivity contribution in [2.24, 2.45) is 17.4 Å². The monoisotopic (exact) mass is 1740 g/mol. The zero-order chi connectivity index (χ0) is 91.2. The second kappa shape index (κ2) is 47.5. The molecular weight excluding hydrogens is 1630 g/mol. The zero-order valence-electron chi connectivity index (χ0n) is 70.1. The lowest BCUT2D eigenvalue weighted by molar-refractivity contribution is -0.145. The number of nitrogens with two attached hydrogens (primary N) is 2. The molecule has 2 heterocycles. The highest BCUT2D eigenvalue weighted by atomic mass is 32.2. The Labute approximate surface area is 721 Å². The summed E-state index contributed by atoms with van der Waals surface area (Å²) in [5.74, 6) is -19.3. The number of nitrogens with zero attached hydrogens (tertiary/aromatic N) is 3. The van der Waals surface area contributed by atoms with Gasteiger partial charge in [0.15, 0.2) is 5.96 Å². The van der Waals surface area contributed by atoms with E-state index in [0.717, 1.165) is 62.6 Å². The van der Waals surface area contributed by atoms with Crippen LogP contribution in [-0.2, 0) is 96.0 Å². The number of amides is 15. The smallest absolute Gasteiger partial charge is 0.305 e. The number of carbonyl (C=O) groups excluding carboxylic acids is 15. The molecule has 0 aliphatic carbocycles. The van der Waals surface area contributed by atoms with Crippen LogP contribution in [0.4, 0.5) is 0 Å². The first kappa shape index (κ1) is 98.2. The number of rotatable bonds is 21. The van der Waals surface area contributed by atoms with Crippen LogP contribution in [0.25, 0.3) is 22.3 Å². The first-order chi connectivity index (χ1) is 58.8. The van der Waals surface area contributed by atoms with Crippen molar-refractivity contribution in [1.29, 1.82) is 5.41 Å². The van der Waals surface area contributed by atoms with E-state index in [-0.39, 0.29) is 58.0 Å². The lowest BCUT2D eigenvalue weighted by Gasteiger charge is -2.33. The molecule has 2 aliphatic rings. The lowest BCUT2D eigenvalue weighted by atomic mass is 9.99. The summed E-state index contributed by atoms with van der Waals surface area (Å²) in [5, 5.41) is 80.9. The maximum atomic E-state index is 15.2. The van der Waals surface area contributed by atoms with Crippen molar-refractivity contribution in [1.82, 2.24) is 78.5 Å². The van der Waals surface area contributed by atoms with Crippen molar-refractivity contribution < 1.29 is 97.1 Å². The SMILES string of the molecule is CC(C)[C@@H]1NC(=O)[C@H](Cc2ccccc2)NC(=O)CSC[C@@H](C(=O)NCC(N)=O)NC(=O)[C@@H]2CCCN2C(=O)[C@H](CCCNC(=N)N)NC(=O)[C@H](CC(=O)O)NC(=O)[C@H](C)N(C)C(=O)[C@H](Cc2ccc(-c3ccccc3)cc2)NC(=O)[C@H](C)N(C)C(=O)[C@H](Cc2ccc(-c3ccccc3)cc2)NC(=O)[C@H]([C@@H](C)O)NC(=O)[C@H]([C@@H](C)O)NC(=O)[C@H](CO)NC1=O. The number of fused-ring (bicyclic) bond motifs is 1. The van der Waals surface area contributed by atoms with Crippen molar-refractivity contribution >= 4 is 112 Å². The molecule has 5 aromatic carbocycles. The number of benzene rings is 5. The third kappa shape index (κ3) is 29.2. The normalized spacial score (nSPS) is 24.2. The summed E-state index contributed by atoms with van der Waals surface area (Å²) in [6, 6.07) is 18.8. The molecule has 5 aromatic rings. The molecule has 124 heavy (non-hydrogen) atoms. The fourth-order valence-corrected chi connectivity index (χ4v) is 14.5. The Hall–Kier alpha value is -12.9. The van der Waals surface area contributed by atoms with Crippen LogP contribution in [0.5, 0.6) is 0 Å². The third-order valence-corrected chi connectivity index (χ3v) is 22.0. The van der Waals surface area contributed by atoms with Crippen molar-refractivity contribution in [3.05, 3.63) is 156 Å². The molecule has 7 rings (SSSR count). The second-order valence-corrected chi connectivity index (χ2v) is 31.8. The Balaban J connectivity index is 1.28. The number of primary amides is 1. The van der Waals surface area contributed by atoms with E-state index in [1.54, 1.807) is 78.9 Å². The van der Waals surface area contributed by atoms with Gasteiger partial charge in [-0.2, -0.15) is 0 Å². The first-order valence-electron chi connectivity index (χ1n) is 40.5. The number of likely N-dealkylation sites (N-methyl/N-ethyl adjacent to an activating group) is 2. The molecule has 0 unspecified atom stereocenters. The van der Waals surface area contributed by atoms with Crippen LogP contribution in [0.2, 0.25) is 0 Å². The highest BCUT2D eigenvalue weighted by Crippen LogP contribution is 2.25. The second-order valence-electron chi connectivity index (χ2n) is 30.8. The predicted molar refractivity (Wildman–Crippen MR) is 456 cm³/mol. The maximum absolute atomic E-state index is 15.2. The van der Waals surface area contributed by atoms with Crippen LogP contribution in [0.15, 0.2) is 140 Å². The summed E-state index contributed by atoms with van der Waals surface area (Å²) in [4.78, 5) is 232. The van der Waals surface area contributed by atoms with Gasteiger partial charge in [0.25, 0.3) is 0 Å². The Bertz CT molecular complexity index is 4590. The van der Waals surface area contributed by atoms with Crippen LogP contribution in [0.3, 0.4) is 0 Å². The van der Waals surface area contributed by atoms with E-state index in [9.17, 15) is 87.5 Å². The van der Waals surface area contributed by atoms with Crippen LogP contribution in [0.1, 0.15) is 90.3 Å². The Morgan fingerprint density at radius 3 is 1.40 bits per heavy atom. The zero-order valence-corrected chi connectivity index (χ0v) is 71.0. The molecule has 0 radical (unpaired) electrons. The molecule has 0 saturated carbocycles. The number of carbonyl (C=O) groups is 16. The Morgan fingerprint density at radius 1 is 0.492 bits per heavy atom. The molecule has 0 spiro atoms. The van der Waals surface area contributed by atoms with Gasteiger partial charge in [-0.25, -0.2) is 0 Å². The van der Waals surface area contributed by atoms with Crippen molar-refractivity contribution in [2.75, 3.05) is 51.8 Å². The number of thioether (sulfide) groups is 1. The van der Waals surface area contributed by atoms with Crippen LogP contribution in [-0.4, -0.2) is 278 Å². The largest absolute Gasteiger partial charge is 0.481 e. The van der Waals surface area contributed by atoms with Gasteiger partial charge >= 0.3 is 5.97 Å². The summed E-state index contributed by atoms with van der Waals surface area (Å²) in [6.45, 7) is 5.76. The van der Waals surface area contributed by atoms with E-state index >= 15 is 9.59 Å². The van der Waals surface area contributed by atoms with E-state index in [2.05, 4.69) is 63.8 Å². The lowest BCUT2D eigenvalue weighted by Crippen LogP contribution is -2.64. The number of carboxylic acid groups (broad SMARTS) is 1. The first-order valence-corrected chi connectivity index (χ1v) is 41.6. The predicted octanol–water partition coefficient (Wildman–Crippen LogP) is -2.92. The number of aliphatic carboxylic acids is 1. The van der Waals surface area contributed by atoms with Gasteiger partial charge in [-0.3, -0.25) is 82.1 Å². The maximum Gasteiger partial charge on any atom is 0.305 e. The number of aliphatic hydroxyl groups excluding tert-OH is 3. The average Bonchev–Trinajstić information content (AvgIpc) is 1.56. The van der Waals surface area contributed by atoms with Gasteiger partial charge in [-0.05, 0) is 98.2 Å². The van der Waals surface area contributed by atoms with Gasteiger partial charge in [0.2, 0.25) is 88.6 Å². The fraction of sp³-hybridized carbons (Fsp3) is 0.447. The molecule has 15 amide bonds. The molecule has 21 N–H and O–H groups in total. The van der Waals surface area contributed by atoms with Crippen LogP contribution in [0, 0.1) is 11.3 Å². The summed E-state index contributed by atoms with van der Waals surface area (Å²) in [7, 11) is 2.42. The topological polar surface area (TPSA) is 584 Å². The summed E-state index contributed by atoms with van der Waals surface area (Å²) in [6.07, 6.45) is -5.59. The number of nitrogens with one attached hydrogen (secondary N) is 13. The number of hydrogen-bond donors (Lipinski definition) is 19. The average molecular weight is 1740 g/mol. The van der Waals surface area contributed by atoms with E-state index in [0.29, 0.717) is 16.7 Å². The number of aliphatic hydroxyl groups is 3. The van der Waals surface area contributed by atoms with Crippen molar-refractivity contribution in [3.8, 4) is 22.3 Å². The van der Waals surface area contributed by atoms with Crippen LogP contribution < -0.4 is 75.3 Å². The standard InChI is InChI=1S/C85H112N18O20S/c1-46(2)69-79(118)96-63(43-104)77(116)99-71(50(6)106)81(120)100-70(49(5)105)80(119)95-62(40-53-30-34-57(35-31-53)55-24-16-11-17-25-55)83(122)102(8)48(4)73(112)94-61(39-52-28-32-56(33-29-52)54-22-14-10-15-23-54)82(121)101(7)47(3)72(111)93-60(41-68(109)110)75(114)92-58(26-18-36-89-85(87)88)84(123)103-37-19-27-65(103)78(117)97-64(74(113)90-42-66(86)107)44-124-45-67(108)91-59(76(115)98-69)38-51-20-12-9-13-21-51/h9-17,20-25,28-35,46-50,58-65,69-71,104-106H,18-19,26-27,36-45H2,1-8H3,(H2,86,107)(H,90,113)(H,91,108)(H,92,114)(H,93,111)(H,94,112)(H,95,119)(H,96,118)(H,97,117)(H,98,115)(H,99,116)(H,100,120)(H,109,110)(H4,87,88,89)/t47-,48-,49+,50+,58-,59-,60-,61-,62-,63-,64-,65-,69-,70-,71-/m0/s1. The summed E-state index contributed by atoms with van der Waals surface area (Å²) in [5.41, 5.74) is 15.6. The number of hydrogen-bond acceptors (Lipinski definition) is 21. The van der Waals surface area contributed by atoms with Gasteiger partial charge in [0, 0.05) is 52.2 Å². The van der Waals surface area contributed by atoms with Gasteiger partial charge in [0.05, 0.1) is 37.5 Å². The van der Waals surface area contributed by atoms with E-state index in [4.69, 9.17) is 16.9 Å². The minimum Gasteiger partial charge on any atom is -0.481 e. The summed E-state index contributed by atoms with van der Waals surface area (Å²) >= 11 is 0.773. The molecule has 2 aliphatic heterocycles. The summed E-state index contributed by atoms with van der Waals surface area (Å²) < 4.78 is 0. The van der Waals surface area contributed by atoms with Gasteiger partial charge in [-0.15, -0.1) is 11.8 Å². The van der Waals surface area contributed by atoms with Gasteiger partial charge in [-0.1, -0.05) is 153 Å². The molecule has 2 fully saturated rings. The fourth-order valence-electron chi connectivity index (χ4n) is 13.7. The van der Waals surface area contributed by atoms with E-state index in [1.807, 2.05) is 60.7 Å². The molecule has 38 nitrogen and oxygen atoms in total. The minimum atomic E-state index is -2.01. The van der Waals surface area contributed by atoms with Crippen molar-refractivity contribution in [3.63, 3.8) is 0 Å². The van der Waals surface area contributed by atoms with Gasteiger partial charge < -0.3 is 110 Å². The quantitative estimate of drug-likeness (QED) is 0.0199. The molecule has 668 valence electrons. The molecule has 0 aromatic heterocycles. The minimum absolute atomic E-state index is 0.00177. The molecule has 39 heteroatoms. The van der Waals surface area contributed by atoms with Crippen LogP contribution >= 0.6 is 11.8 Å². The van der Waals surface area contributed by atoms with E-state index in [1.165, 1.54) is 41.8 Å². The Morgan fingerprint density at radius 2 is 0.911 bits per heavy atom. The van der Waals surface area contributed by atoms with E-state index < -0.39 is 228 Å². The number of carboxylic acids is 1. The molecule has 15 atom stereocenters. The highest BCUT2D eigenvalue weighted by molar-refractivity contribution is 8.00. The number of guanidine groups is 1. The molecule has 2 saturated heterocycles. The molecular formula is C85H112N18O20S. The molecule has 0 bridgehead atoms.